The van der Waals surface area contributed by atoms with E-state index in [0.29, 0.717) is 19.0 Å². The van der Waals surface area contributed by atoms with Gasteiger partial charge in [0.05, 0.1) is 18.5 Å². The van der Waals surface area contributed by atoms with Gasteiger partial charge in [-0.25, -0.2) is 0 Å². The summed E-state index contributed by atoms with van der Waals surface area (Å²) in [6.07, 6.45) is 3.68. The van der Waals surface area contributed by atoms with Gasteiger partial charge in [0.1, 0.15) is 5.78 Å². The first-order chi connectivity index (χ1) is 8.83. The Morgan fingerprint density at radius 2 is 1.94 bits per heavy atom. The number of rotatable bonds is 2. The van der Waals surface area contributed by atoms with Crippen molar-refractivity contribution < 1.29 is 14.3 Å². The standard InChI is InChI=1S/C14H16O3S/c15-11-3-1-4-14(11)18-10-5-6-12-13(9-10)17-8-2-7-16-12/h5-6,9,14H,1-4,7-8H2. The molecule has 96 valence electrons. The van der Waals surface area contributed by atoms with Crippen molar-refractivity contribution in [2.75, 3.05) is 13.2 Å². The maximum atomic E-state index is 11.6. The van der Waals surface area contributed by atoms with Crippen molar-refractivity contribution in [1.29, 1.82) is 0 Å². The van der Waals surface area contributed by atoms with Crippen molar-refractivity contribution in [2.24, 2.45) is 0 Å². The first-order valence-electron chi connectivity index (χ1n) is 6.42. The molecule has 1 saturated carbocycles. The maximum absolute atomic E-state index is 11.6. The second kappa shape index (κ2) is 5.22. The van der Waals surface area contributed by atoms with Gasteiger partial charge in [0.15, 0.2) is 11.5 Å². The lowest BCUT2D eigenvalue weighted by molar-refractivity contribution is -0.116. The van der Waals surface area contributed by atoms with E-state index in [2.05, 4.69) is 0 Å². The molecule has 0 bridgehead atoms. The zero-order valence-electron chi connectivity index (χ0n) is 10.2. The number of Topliss-reactive ketones (excluding diaryl/α,β-unsaturated/α-hetero) is 1. The number of benzene rings is 1. The Bertz CT molecular complexity index is 458. The number of hydrogen-bond donors (Lipinski definition) is 0. The van der Waals surface area contributed by atoms with Crippen LogP contribution in [0.3, 0.4) is 0 Å². The smallest absolute Gasteiger partial charge is 0.162 e. The summed E-state index contributed by atoms with van der Waals surface area (Å²) in [5, 5.41) is 0.134. The predicted molar refractivity (Wildman–Crippen MR) is 70.6 cm³/mol. The van der Waals surface area contributed by atoms with Crippen LogP contribution in [0.25, 0.3) is 0 Å². The van der Waals surface area contributed by atoms with E-state index in [0.717, 1.165) is 42.1 Å². The molecule has 1 aliphatic carbocycles. The lowest BCUT2D eigenvalue weighted by Gasteiger charge is -2.11. The van der Waals surface area contributed by atoms with Crippen LogP contribution in [0.15, 0.2) is 23.1 Å². The Hall–Kier alpha value is -1.16. The van der Waals surface area contributed by atoms with E-state index in [4.69, 9.17) is 9.47 Å². The summed E-state index contributed by atoms with van der Waals surface area (Å²) >= 11 is 1.65. The number of thioether (sulfide) groups is 1. The van der Waals surface area contributed by atoms with Crippen molar-refractivity contribution in [2.45, 2.75) is 35.8 Å². The second-order valence-electron chi connectivity index (χ2n) is 4.62. The molecular weight excluding hydrogens is 248 g/mol. The van der Waals surface area contributed by atoms with Crippen LogP contribution in [0.5, 0.6) is 11.5 Å². The van der Waals surface area contributed by atoms with Crippen molar-refractivity contribution in [3.05, 3.63) is 18.2 Å². The third-order valence-electron chi connectivity index (χ3n) is 3.25. The quantitative estimate of drug-likeness (QED) is 0.822. The first kappa shape index (κ1) is 11.9. The van der Waals surface area contributed by atoms with E-state index >= 15 is 0 Å². The summed E-state index contributed by atoms with van der Waals surface area (Å²) in [7, 11) is 0. The normalized spacial score (nSPS) is 22.9. The summed E-state index contributed by atoms with van der Waals surface area (Å²) < 4.78 is 11.3. The van der Waals surface area contributed by atoms with Gasteiger partial charge in [0.2, 0.25) is 0 Å². The number of fused-ring (bicyclic) bond motifs is 1. The molecule has 1 aromatic rings. The summed E-state index contributed by atoms with van der Waals surface area (Å²) in [6, 6.07) is 5.96. The Balaban J connectivity index is 1.77. The molecule has 4 heteroatoms. The molecule has 3 nitrogen and oxygen atoms in total. The van der Waals surface area contributed by atoms with Crippen LogP contribution in [-0.4, -0.2) is 24.2 Å². The molecule has 0 radical (unpaired) electrons. The summed E-state index contributed by atoms with van der Waals surface area (Å²) in [6.45, 7) is 1.41. The van der Waals surface area contributed by atoms with Gasteiger partial charge < -0.3 is 9.47 Å². The Morgan fingerprint density at radius 3 is 2.72 bits per heavy atom. The molecular formula is C14H16O3S. The van der Waals surface area contributed by atoms with Gasteiger partial charge in [-0.15, -0.1) is 11.8 Å². The van der Waals surface area contributed by atoms with Gasteiger partial charge in [-0.3, -0.25) is 4.79 Å². The van der Waals surface area contributed by atoms with Crippen molar-refractivity contribution >= 4 is 17.5 Å². The van der Waals surface area contributed by atoms with E-state index in [9.17, 15) is 4.79 Å². The molecule has 0 N–H and O–H groups in total. The number of ketones is 1. The SMILES string of the molecule is O=C1CCCC1Sc1ccc2c(c1)OCCCO2. The van der Waals surface area contributed by atoms with E-state index in [1.807, 2.05) is 18.2 Å². The van der Waals surface area contributed by atoms with E-state index in [1.54, 1.807) is 11.8 Å². The molecule has 1 aromatic carbocycles. The van der Waals surface area contributed by atoms with Gasteiger partial charge in [0.25, 0.3) is 0 Å². The lowest BCUT2D eigenvalue weighted by Crippen LogP contribution is -2.07. The topological polar surface area (TPSA) is 35.5 Å². The molecule has 3 rings (SSSR count). The molecule has 1 fully saturated rings. The van der Waals surface area contributed by atoms with Gasteiger partial charge in [-0.1, -0.05) is 0 Å². The molecule has 0 spiro atoms. The zero-order valence-corrected chi connectivity index (χ0v) is 11.0. The predicted octanol–water partition coefficient (Wildman–Crippen LogP) is 3.06. The minimum Gasteiger partial charge on any atom is -0.490 e. The maximum Gasteiger partial charge on any atom is 0.162 e. The van der Waals surface area contributed by atoms with E-state index in [1.165, 1.54) is 0 Å². The zero-order chi connectivity index (χ0) is 12.4. The van der Waals surface area contributed by atoms with Crippen molar-refractivity contribution in [1.82, 2.24) is 0 Å². The molecule has 2 aliphatic rings. The van der Waals surface area contributed by atoms with Crippen LogP contribution in [0.1, 0.15) is 25.7 Å². The largest absolute Gasteiger partial charge is 0.490 e. The molecule has 0 aromatic heterocycles. The fraction of sp³-hybridized carbons (Fsp3) is 0.500. The molecule has 1 atom stereocenters. The highest BCUT2D eigenvalue weighted by molar-refractivity contribution is 8.00. The minimum absolute atomic E-state index is 0.134. The second-order valence-corrected chi connectivity index (χ2v) is 5.90. The highest BCUT2D eigenvalue weighted by Gasteiger charge is 2.25. The molecule has 18 heavy (non-hydrogen) atoms. The third kappa shape index (κ3) is 2.48. The highest BCUT2D eigenvalue weighted by atomic mass is 32.2. The minimum atomic E-state index is 0.134. The Morgan fingerprint density at radius 1 is 1.11 bits per heavy atom. The number of carbonyl (C=O) groups is 1. The van der Waals surface area contributed by atoms with Crippen LogP contribution in [0.4, 0.5) is 0 Å². The van der Waals surface area contributed by atoms with Crippen LogP contribution in [0, 0.1) is 0 Å². The van der Waals surface area contributed by atoms with Gasteiger partial charge in [-0.2, -0.15) is 0 Å². The monoisotopic (exact) mass is 264 g/mol. The number of ether oxygens (including phenoxy) is 2. The summed E-state index contributed by atoms with van der Waals surface area (Å²) in [5.74, 6) is 2.00. The fourth-order valence-electron chi connectivity index (χ4n) is 2.29. The fourth-order valence-corrected chi connectivity index (χ4v) is 3.47. The highest BCUT2D eigenvalue weighted by Crippen LogP contribution is 2.38. The Kier molecular flexibility index (Phi) is 3.46. The molecule has 1 heterocycles. The average molecular weight is 264 g/mol. The first-order valence-corrected chi connectivity index (χ1v) is 7.30. The van der Waals surface area contributed by atoms with Gasteiger partial charge in [0, 0.05) is 17.7 Å². The summed E-state index contributed by atoms with van der Waals surface area (Å²) in [5.41, 5.74) is 0. The van der Waals surface area contributed by atoms with Crippen LogP contribution in [-0.2, 0) is 4.79 Å². The molecule has 0 saturated heterocycles. The van der Waals surface area contributed by atoms with Gasteiger partial charge >= 0.3 is 0 Å². The van der Waals surface area contributed by atoms with E-state index < -0.39 is 0 Å². The molecule has 0 amide bonds. The lowest BCUT2D eigenvalue weighted by atomic mass is 10.3. The average Bonchev–Trinajstić information content (AvgIpc) is 2.65. The van der Waals surface area contributed by atoms with Gasteiger partial charge in [-0.05, 0) is 31.0 Å². The van der Waals surface area contributed by atoms with Crippen LogP contribution >= 0.6 is 11.8 Å². The van der Waals surface area contributed by atoms with Crippen molar-refractivity contribution in [3.63, 3.8) is 0 Å². The van der Waals surface area contributed by atoms with E-state index in [-0.39, 0.29) is 5.25 Å². The Labute approximate surface area is 111 Å². The third-order valence-corrected chi connectivity index (χ3v) is 4.56. The molecule has 1 aliphatic heterocycles. The van der Waals surface area contributed by atoms with Crippen LogP contribution < -0.4 is 9.47 Å². The van der Waals surface area contributed by atoms with Crippen molar-refractivity contribution in [3.8, 4) is 11.5 Å². The summed E-state index contributed by atoms with van der Waals surface area (Å²) in [4.78, 5) is 12.7. The van der Waals surface area contributed by atoms with Crippen LogP contribution in [0.2, 0.25) is 0 Å². The molecule has 1 unspecified atom stereocenters. The number of hydrogen-bond acceptors (Lipinski definition) is 4. The number of carbonyl (C=O) groups excluding carboxylic acids is 1.